The molecule has 2 atom stereocenters. The zero-order valence-corrected chi connectivity index (χ0v) is 17.4. The van der Waals surface area contributed by atoms with Gasteiger partial charge in [-0.25, -0.2) is 13.2 Å². The van der Waals surface area contributed by atoms with Crippen LogP contribution in [-0.4, -0.2) is 67.1 Å². The molecule has 0 saturated carbocycles. The van der Waals surface area contributed by atoms with Gasteiger partial charge in [0.1, 0.15) is 0 Å². The number of hydrogen-bond donors (Lipinski definition) is 1. The van der Waals surface area contributed by atoms with Crippen molar-refractivity contribution < 1.29 is 27.5 Å². The molecule has 1 aromatic carbocycles. The van der Waals surface area contributed by atoms with E-state index < -0.39 is 39.8 Å². The number of benzene rings is 1. The van der Waals surface area contributed by atoms with Gasteiger partial charge in [-0.15, -0.1) is 11.8 Å². The number of amides is 2. The van der Waals surface area contributed by atoms with E-state index in [2.05, 4.69) is 0 Å². The van der Waals surface area contributed by atoms with Crippen LogP contribution in [0.2, 0.25) is 0 Å². The Kier molecular flexibility index (Phi) is 7.48. The predicted molar refractivity (Wildman–Crippen MR) is 106 cm³/mol. The zero-order chi connectivity index (χ0) is 20.9. The van der Waals surface area contributed by atoms with Crippen molar-refractivity contribution in [3.8, 4) is 0 Å². The minimum atomic E-state index is -3.14. The number of nitrogens with zero attached hydrogens (tertiary/aromatic N) is 1. The van der Waals surface area contributed by atoms with Crippen LogP contribution in [-0.2, 0) is 24.2 Å². The van der Waals surface area contributed by atoms with E-state index in [1.165, 1.54) is 11.8 Å². The first-order valence-corrected chi connectivity index (χ1v) is 11.7. The molecule has 1 fully saturated rings. The van der Waals surface area contributed by atoms with Gasteiger partial charge >= 0.3 is 5.97 Å². The summed E-state index contributed by atoms with van der Waals surface area (Å²) in [5.74, 6) is -1.64. The Balaban J connectivity index is 2.07. The number of rotatable bonds is 8. The molecule has 2 N–H and O–H groups in total. The summed E-state index contributed by atoms with van der Waals surface area (Å²) in [6.07, 6.45) is -0.681. The number of ether oxygens (including phenoxy) is 1. The van der Waals surface area contributed by atoms with Crippen LogP contribution in [0.15, 0.2) is 29.2 Å². The molecule has 2 unspecified atom stereocenters. The highest BCUT2D eigenvalue weighted by atomic mass is 32.2. The Morgan fingerprint density at radius 2 is 2.00 bits per heavy atom. The summed E-state index contributed by atoms with van der Waals surface area (Å²) in [7, 11) is -3.14. The van der Waals surface area contributed by atoms with Crippen LogP contribution in [0, 0.1) is 0 Å². The van der Waals surface area contributed by atoms with Crippen LogP contribution >= 0.6 is 11.8 Å². The Morgan fingerprint density at radius 3 is 2.57 bits per heavy atom. The Hall–Kier alpha value is -2.07. The van der Waals surface area contributed by atoms with Gasteiger partial charge in [0.2, 0.25) is 5.91 Å². The van der Waals surface area contributed by atoms with Crippen molar-refractivity contribution in [2.75, 3.05) is 23.8 Å². The lowest BCUT2D eigenvalue weighted by Crippen LogP contribution is -2.46. The SMILES string of the molecule is CCN(C(=O)C(C)OC(=O)c1ccccc1SCC(N)=O)C1CCS(=O)(=O)C1. The molecule has 8 nitrogen and oxygen atoms in total. The van der Waals surface area contributed by atoms with E-state index in [0.717, 1.165) is 11.8 Å². The minimum Gasteiger partial charge on any atom is -0.449 e. The second-order valence-electron chi connectivity index (χ2n) is 6.48. The molecule has 2 amide bonds. The summed E-state index contributed by atoms with van der Waals surface area (Å²) in [5, 5.41) is 0. The average Bonchev–Trinajstić information content (AvgIpc) is 3.00. The highest BCUT2D eigenvalue weighted by Gasteiger charge is 2.36. The molecule has 1 saturated heterocycles. The normalized spacial score (nSPS) is 19.0. The molecule has 0 spiro atoms. The molecule has 1 aliphatic heterocycles. The van der Waals surface area contributed by atoms with E-state index in [0.29, 0.717) is 17.9 Å². The largest absolute Gasteiger partial charge is 0.449 e. The maximum atomic E-state index is 12.7. The number of carbonyl (C=O) groups is 3. The molecule has 1 aliphatic rings. The zero-order valence-electron chi connectivity index (χ0n) is 15.8. The van der Waals surface area contributed by atoms with Crippen molar-refractivity contribution in [1.29, 1.82) is 0 Å². The van der Waals surface area contributed by atoms with E-state index >= 15 is 0 Å². The van der Waals surface area contributed by atoms with Gasteiger partial charge in [-0.2, -0.15) is 0 Å². The smallest absolute Gasteiger partial charge is 0.340 e. The topological polar surface area (TPSA) is 124 Å². The summed E-state index contributed by atoms with van der Waals surface area (Å²) in [4.78, 5) is 38.2. The first-order chi connectivity index (χ1) is 13.1. The second-order valence-corrected chi connectivity index (χ2v) is 9.73. The van der Waals surface area contributed by atoms with E-state index in [1.54, 1.807) is 31.2 Å². The standard InChI is InChI=1S/C18H24N2O6S2/c1-3-20(13-8-9-28(24,25)11-13)17(22)12(2)26-18(23)14-6-4-5-7-15(14)27-10-16(19)21/h4-7,12-13H,3,8-11H2,1-2H3,(H2,19,21). The van der Waals surface area contributed by atoms with Gasteiger partial charge < -0.3 is 15.4 Å². The summed E-state index contributed by atoms with van der Waals surface area (Å²) >= 11 is 1.11. The van der Waals surface area contributed by atoms with E-state index in [9.17, 15) is 22.8 Å². The third-order valence-electron chi connectivity index (χ3n) is 4.38. The van der Waals surface area contributed by atoms with Gasteiger partial charge in [-0.05, 0) is 32.4 Å². The maximum Gasteiger partial charge on any atom is 0.340 e. The van der Waals surface area contributed by atoms with Crippen molar-refractivity contribution >= 4 is 39.4 Å². The summed E-state index contributed by atoms with van der Waals surface area (Å²) < 4.78 is 28.7. The Labute approximate surface area is 168 Å². The van der Waals surface area contributed by atoms with Crippen molar-refractivity contribution in [2.45, 2.75) is 37.3 Å². The van der Waals surface area contributed by atoms with Gasteiger partial charge in [-0.1, -0.05) is 12.1 Å². The average molecular weight is 429 g/mol. The molecule has 0 aromatic heterocycles. The van der Waals surface area contributed by atoms with E-state index in [4.69, 9.17) is 10.5 Å². The molecule has 2 rings (SSSR count). The van der Waals surface area contributed by atoms with Crippen LogP contribution in [0.25, 0.3) is 0 Å². The summed E-state index contributed by atoms with van der Waals surface area (Å²) in [6.45, 7) is 3.55. The van der Waals surface area contributed by atoms with Gasteiger partial charge in [0.15, 0.2) is 15.9 Å². The van der Waals surface area contributed by atoms with Gasteiger partial charge in [0, 0.05) is 17.5 Å². The monoisotopic (exact) mass is 428 g/mol. The fourth-order valence-electron chi connectivity index (χ4n) is 3.03. The fourth-order valence-corrected chi connectivity index (χ4v) is 5.54. The highest BCUT2D eigenvalue weighted by Crippen LogP contribution is 2.24. The lowest BCUT2D eigenvalue weighted by atomic mass is 10.2. The number of esters is 1. The number of thioether (sulfide) groups is 1. The van der Waals surface area contributed by atoms with Crippen LogP contribution in [0.3, 0.4) is 0 Å². The van der Waals surface area contributed by atoms with Crippen LogP contribution in [0.5, 0.6) is 0 Å². The van der Waals surface area contributed by atoms with Gasteiger partial charge in [0.05, 0.1) is 22.8 Å². The van der Waals surface area contributed by atoms with Crippen LogP contribution in [0.4, 0.5) is 0 Å². The lowest BCUT2D eigenvalue weighted by Gasteiger charge is -2.29. The Morgan fingerprint density at radius 1 is 1.32 bits per heavy atom. The maximum absolute atomic E-state index is 12.7. The molecule has 0 bridgehead atoms. The highest BCUT2D eigenvalue weighted by molar-refractivity contribution is 8.00. The van der Waals surface area contributed by atoms with E-state index in [1.807, 2.05) is 0 Å². The second kappa shape index (κ2) is 9.42. The van der Waals surface area contributed by atoms with Crippen molar-refractivity contribution in [1.82, 2.24) is 4.90 Å². The first-order valence-electron chi connectivity index (χ1n) is 8.86. The van der Waals surface area contributed by atoms with Crippen LogP contribution < -0.4 is 5.73 Å². The Bertz CT molecular complexity index is 855. The number of hydrogen-bond acceptors (Lipinski definition) is 7. The molecular formula is C18H24N2O6S2. The molecule has 0 aliphatic carbocycles. The molecular weight excluding hydrogens is 404 g/mol. The third kappa shape index (κ3) is 5.71. The number of likely N-dealkylation sites (N-methyl/N-ethyl adjacent to an activating group) is 1. The molecule has 154 valence electrons. The van der Waals surface area contributed by atoms with Crippen molar-refractivity contribution in [3.63, 3.8) is 0 Å². The number of nitrogens with two attached hydrogens (primary N) is 1. The quantitative estimate of drug-likeness (QED) is 0.481. The first kappa shape index (κ1) is 22.2. The number of sulfone groups is 1. The molecule has 0 radical (unpaired) electrons. The van der Waals surface area contributed by atoms with Crippen molar-refractivity contribution in [3.05, 3.63) is 29.8 Å². The molecule has 1 heterocycles. The fraction of sp³-hybridized carbons (Fsp3) is 0.500. The lowest BCUT2D eigenvalue weighted by molar-refractivity contribution is -0.141. The summed E-state index contributed by atoms with van der Waals surface area (Å²) in [5.41, 5.74) is 5.38. The van der Waals surface area contributed by atoms with Gasteiger partial charge in [-0.3, -0.25) is 9.59 Å². The number of primary amides is 1. The van der Waals surface area contributed by atoms with Gasteiger partial charge in [0.25, 0.3) is 5.91 Å². The molecule has 1 aromatic rings. The predicted octanol–water partition coefficient (Wildman–Crippen LogP) is 0.845. The molecule has 28 heavy (non-hydrogen) atoms. The summed E-state index contributed by atoms with van der Waals surface area (Å²) in [6, 6.07) is 6.18. The van der Waals surface area contributed by atoms with E-state index in [-0.39, 0.29) is 22.8 Å². The number of carbonyl (C=O) groups excluding carboxylic acids is 3. The van der Waals surface area contributed by atoms with Crippen molar-refractivity contribution in [2.24, 2.45) is 5.73 Å². The third-order valence-corrected chi connectivity index (χ3v) is 7.23. The van der Waals surface area contributed by atoms with Crippen LogP contribution in [0.1, 0.15) is 30.6 Å². The molecule has 10 heteroatoms. The minimum absolute atomic E-state index is 0.0124.